The first-order valence-electron chi connectivity index (χ1n) is 6.71. The van der Waals surface area contributed by atoms with Gasteiger partial charge in [0.1, 0.15) is 0 Å². The molecule has 20 heavy (non-hydrogen) atoms. The van der Waals surface area contributed by atoms with Gasteiger partial charge in [0, 0.05) is 24.7 Å². The molecule has 0 saturated carbocycles. The standard InChI is InChI=1S/C15H17N3OS/c1-10-11-5-8-20-14(11)4-7-18(10)15(19)12-3-6-17-9-13(12)16-2/h3,5-6,8-10,16H,4,7H2,1-2H3. The summed E-state index contributed by atoms with van der Waals surface area (Å²) >= 11 is 1.79. The maximum absolute atomic E-state index is 12.8. The Morgan fingerprint density at radius 3 is 3.15 bits per heavy atom. The Morgan fingerprint density at radius 2 is 2.35 bits per heavy atom. The lowest BCUT2D eigenvalue weighted by atomic mass is 10.0. The van der Waals surface area contributed by atoms with Gasteiger partial charge >= 0.3 is 0 Å². The van der Waals surface area contributed by atoms with Crippen LogP contribution in [0.3, 0.4) is 0 Å². The molecule has 0 aromatic carbocycles. The molecule has 104 valence electrons. The summed E-state index contributed by atoms with van der Waals surface area (Å²) in [5.74, 6) is 0.0705. The molecule has 0 spiro atoms. The Bertz CT molecular complexity index is 638. The number of carbonyl (C=O) groups is 1. The van der Waals surface area contributed by atoms with Crippen molar-refractivity contribution < 1.29 is 4.79 Å². The van der Waals surface area contributed by atoms with Crippen molar-refractivity contribution in [3.8, 4) is 0 Å². The number of hydrogen-bond donors (Lipinski definition) is 1. The van der Waals surface area contributed by atoms with Crippen molar-refractivity contribution in [2.75, 3.05) is 18.9 Å². The molecule has 0 fully saturated rings. The number of nitrogens with zero attached hydrogens (tertiary/aromatic N) is 2. The van der Waals surface area contributed by atoms with E-state index in [1.165, 1.54) is 10.4 Å². The largest absolute Gasteiger partial charge is 0.386 e. The Kier molecular flexibility index (Phi) is 3.44. The van der Waals surface area contributed by atoms with Crippen LogP contribution in [-0.2, 0) is 6.42 Å². The van der Waals surface area contributed by atoms with Crippen molar-refractivity contribution in [3.05, 3.63) is 45.9 Å². The van der Waals surface area contributed by atoms with E-state index in [0.717, 1.165) is 18.7 Å². The van der Waals surface area contributed by atoms with Gasteiger partial charge in [-0.05, 0) is 36.4 Å². The second kappa shape index (κ2) is 5.25. The van der Waals surface area contributed by atoms with E-state index >= 15 is 0 Å². The Hall–Kier alpha value is -1.88. The quantitative estimate of drug-likeness (QED) is 0.923. The van der Waals surface area contributed by atoms with Gasteiger partial charge in [-0.3, -0.25) is 9.78 Å². The molecule has 2 aromatic heterocycles. The zero-order valence-electron chi connectivity index (χ0n) is 11.6. The van der Waals surface area contributed by atoms with Crippen LogP contribution in [0.4, 0.5) is 5.69 Å². The highest BCUT2D eigenvalue weighted by atomic mass is 32.1. The zero-order chi connectivity index (χ0) is 14.1. The summed E-state index contributed by atoms with van der Waals surface area (Å²) < 4.78 is 0. The number of fused-ring (bicyclic) bond motifs is 1. The summed E-state index contributed by atoms with van der Waals surface area (Å²) in [7, 11) is 1.81. The van der Waals surface area contributed by atoms with Crippen LogP contribution in [-0.4, -0.2) is 29.4 Å². The molecular weight excluding hydrogens is 270 g/mol. The van der Waals surface area contributed by atoms with Crippen LogP contribution >= 0.6 is 11.3 Å². The first-order chi connectivity index (χ1) is 9.72. The maximum atomic E-state index is 12.8. The first-order valence-corrected chi connectivity index (χ1v) is 7.59. The molecule has 3 heterocycles. The van der Waals surface area contributed by atoms with Crippen LogP contribution in [0.5, 0.6) is 0 Å². The number of amides is 1. The number of aromatic nitrogens is 1. The fourth-order valence-corrected chi connectivity index (χ4v) is 3.68. The molecule has 4 nitrogen and oxygen atoms in total. The molecule has 0 saturated heterocycles. The van der Waals surface area contributed by atoms with E-state index in [1.54, 1.807) is 29.8 Å². The van der Waals surface area contributed by atoms with E-state index in [2.05, 4.69) is 28.7 Å². The fourth-order valence-electron chi connectivity index (χ4n) is 2.72. The highest BCUT2D eigenvalue weighted by molar-refractivity contribution is 7.10. The monoisotopic (exact) mass is 287 g/mol. The van der Waals surface area contributed by atoms with E-state index in [-0.39, 0.29) is 11.9 Å². The minimum Gasteiger partial charge on any atom is -0.386 e. The van der Waals surface area contributed by atoms with Gasteiger partial charge in [0.05, 0.1) is 23.5 Å². The second-order valence-electron chi connectivity index (χ2n) is 4.89. The van der Waals surface area contributed by atoms with Crippen LogP contribution in [0, 0.1) is 0 Å². The minimum atomic E-state index is 0.0705. The molecule has 1 aliphatic rings. The van der Waals surface area contributed by atoms with E-state index in [1.807, 2.05) is 11.9 Å². The number of carbonyl (C=O) groups excluding carboxylic acids is 1. The van der Waals surface area contributed by atoms with Gasteiger partial charge in [0.2, 0.25) is 0 Å². The molecule has 1 aliphatic heterocycles. The molecule has 1 unspecified atom stereocenters. The average molecular weight is 287 g/mol. The molecule has 0 aliphatic carbocycles. The van der Waals surface area contributed by atoms with Crippen LogP contribution < -0.4 is 5.32 Å². The Morgan fingerprint density at radius 1 is 1.50 bits per heavy atom. The van der Waals surface area contributed by atoms with Gasteiger partial charge in [-0.1, -0.05) is 0 Å². The number of anilines is 1. The molecule has 1 N–H and O–H groups in total. The Labute approximate surface area is 122 Å². The third-order valence-corrected chi connectivity index (χ3v) is 4.86. The predicted octanol–water partition coefficient (Wildman–Crippen LogP) is 2.94. The van der Waals surface area contributed by atoms with Crippen molar-refractivity contribution in [2.45, 2.75) is 19.4 Å². The molecule has 3 rings (SSSR count). The molecular formula is C15H17N3OS. The van der Waals surface area contributed by atoms with E-state index in [0.29, 0.717) is 5.56 Å². The summed E-state index contributed by atoms with van der Waals surface area (Å²) in [6, 6.07) is 4.05. The van der Waals surface area contributed by atoms with E-state index in [4.69, 9.17) is 0 Å². The average Bonchev–Trinajstić information content (AvgIpc) is 2.96. The number of hydrogen-bond acceptors (Lipinski definition) is 4. The van der Waals surface area contributed by atoms with Gasteiger partial charge in [-0.25, -0.2) is 0 Å². The van der Waals surface area contributed by atoms with Crippen LogP contribution in [0.25, 0.3) is 0 Å². The number of rotatable bonds is 2. The van der Waals surface area contributed by atoms with E-state index in [9.17, 15) is 4.79 Å². The van der Waals surface area contributed by atoms with Crippen molar-refractivity contribution in [1.29, 1.82) is 0 Å². The lowest BCUT2D eigenvalue weighted by Crippen LogP contribution is -2.38. The summed E-state index contributed by atoms with van der Waals surface area (Å²) in [5, 5.41) is 5.15. The second-order valence-corrected chi connectivity index (χ2v) is 5.90. The lowest BCUT2D eigenvalue weighted by molar-refractivity contribution is 0.0680. The van der Waals surface area contributed by atoms with Crippen molar-refractivity contribution in [2.24, 2.45) is 0 Å². The van der Waals surface area contributed by atoms with Gasteiger partial charge in [-0.15, -0.1) is 11.3 Å². The maximum Gasteiger partial charge on any atom is 0.256 e. The molecule has 0 bridgehead atoms. The Balaban J connectivity index is 1.92. The highest BCUT2D eigenvalue weighted by Crippen LogP contribution is 2.34. The fraction of sp³-hybridized carbons (Fsp3) is 0.333. The third kappa shape index (κ3) is 2.08. The number of pyridine rings is 1. The van der Waals surface area contributed by atoms with Gasteiger partial charge < -0.3 is 10.2 Å². The highest BCUT2D eigenvalue weighted by Gasteiger charge is 2.29. The minimum absolute atomic E-state index is 0.0705. The zero-order valence-corrected chi connectivity index (χ0v) is 12.4. The van der Waals surface area contributed by atoms with Crippen molar-refractivity contribution in [3.63, 3.8) is 0 Å². The first kappa shape index (κ1) is 13.1. The summed E-state index contributed by atoms with van der Waals surface area (Å²) in [4.78, 5) is 20.2. The topological polar surface area (TPSA) is 45.2 Å². The smallest absolute Gasteiger partial charge is 0.256 e. The van der Waals surface area contributed by atoms with Gasteiger partial charge in [0.25, 0.3) is 5.91 Å². The van der Waals surface area contributed by atoms with Crippen LogP contribution in [0.15, 0.2) is 29.9 Å². The lowest BCUT2D eigenvalue weighted by Gasteiger charge is -2.34. The normalized spacial score (nSPS) is 17.7. The number of thiophene rings is 1. The van der Waals surface area contributed by atoms with Crippen LogP contribution in [0.1, 0.15) is 33.8 Å². The van der Waals surface area contributed by atoms with Crippen LogP contribution in [0.2, 0.25) is 0 Å². The molecule has 2 aromatic rings. The summed E-state index contributed by atoms with van der Waals surface area (Å²) in [6.45, 7) is 2.88. The molecule has 1 atom stereocenters. The van der Waals surface area contributed by atoms with Gasteiger partial charge in [-0.2, -0.15) is 0 Å². The predicted molar refractivity (Wildman–Crippen MR) is 81.3 cm³/mol. The summed E-state index contributed by atoms with van der Waals surface area (Å²) in [6.07, 6.45) is 4.31. The summed E-state index contributed by atoms with van der Waals surface area (Å²) in [5.41, 5.74) is 2.75. The molecule has 1 amide bonds. The van der Waals surface area contributed by atoms with Crippen molar-refractivity contribution >= 4 is 22.9 Å². The van der Waals surface area contributed by atoms with Crippen molar-refractivity contribution in [1.82, 2.24) is 9.88 Å². The molecule has 0 radical (unpaired) electrons. The SMILES string of the molecule is CNc1cnccc1C(=O)N1CCc2sccc2C1C. The van der Waals surface area contributed by atoms with E-state index < -0.39 is 0 Å². The number of nitrogens with one attached hydrogen (secondary N) is 1. The molecule has 5 heteroatoms. The third-order valence-electron chi connectivity index (χ3n) is 3.86. The van der Waals surface area contributed by atoms with Gasteiger partial charge in [0.15, 0.2) is 0 Å².